The lowest BCUT2D eigenvalue weighted by atomic mass is 9.83. The summed E-state index contributed by atoms with van der Waals surface area (Å²) >= 11 is 5.99. The van der Waals surface area contributed by atoms with Gasteiger partial charge in [0.15, 0.2) is 11.4 Å². The quantitative estimate of drug-likeness (QED) is 0.358. The maximum absolute atomic E-state index is 15.4. The van der Waals surface area contributed by atoms with Crippen LogP contribution in [-0.4, -0.2) is 54.4 Å². The van der Waals surface area contributed by atoms with E-state index in [1.165, 1.54) is 30.3 Å². The van der Waals surface area contributed by atoms with E-state index in [9.17, 15) is 32.3 Å². The van der Waals surface area contributed by atoms with E-state index >= 15 is 4.39 Å². The summed E-state index contributed by atoms with van der Waals surface area (Å²) in [6.45, 7) is 0.588. The number of ether oxygens (including phenoxy) is 1. The molecule has 4 amide bonds. The van der Waals surface area contributed by atoms with Crippen molar-refractivity contribution in [3.8, 4) is 0 Å². The SMILES string of the molecule is O=C(O)Nc1ccc(C(=O)N[C@@H](CCC(F)(F)F)C(=O)N2C(=O)O[C@]3(CCCNC3)c3c2ccc(Cl)c3F)cc1. The third-order valence-corrected chi connectivity index (χ3v) is 6.81. The van der Waals surface area contributed by atoms with E-state index in [4.69, 9.17) is 21.4 Å². The zero-order valence-electron chi connectivity index (χ0n) is 20.6. The van der Waals surface area contributed by atoms with Crippen LogP contribution in [0.3, 0.4) is 0 Å². The minimum atomic E-state index is -4.70. The molecular weight excluding hydrogens is 564 g/mol. The highest BCUT2D eigenvalue weighted by Crippen LogP contribution is 2.46. The summed E-state index contributed by atoms with van der Waals surface area (Å²) in [5.41, 5.74) is -1.92. The molecule has 0 saturated carbocycles. The van der Waals surface area contributed by atoms with Gasteiger partial charge in [-0.25, -0.2) is 18.9 Å². The van der Waals surface area contributed by atoms with Crippen LogP contribution in [0.15, 0.2) is 36.4 Å². The Morgan fingerprint density at radius 3 is 2.48 bits per heavy atom. The lowest BCUT2D eigenvalue weighted by Gasteiger charge is -2.44. The third kappa shape index (κ3) is 6.12. The van der Waals surface area contributed by atoms with Gasteiger partial charge in [0, 0.05) is 24.2 Å². The molecule has 1 spiro atoms. The maximum Gasteiger partial charge on any atom is 0.422 e. The van der Waals surface area contributed by atoms with Gasteiger partial charge in [-0.15, -0.1) is 0 Å². The average molecular weight is 587 g/mol. The van der Waals surface area contributed by atoms with E-state index in [1.54, 1.807) is 0 Å². The summed E-state index contributed by atoms with van der Waals surface area (Å²) in [7, 11) is 0. The summed E-state index contributed by atoms with van der Waals surface area (Å²) in [4.78, 5) is 50.8. The highest BCUT2D eigenvalue weighted by atomic mass is 35.5. The van der Waals surface area contributed by atoms with Crippen molar-refractivity contribution in [2.45, 2.75) is 43.5 Å². The molecule has 40 heavy (non-hydrogen) atoms. The van der Waals surface area contributed by atoms with E-state index in [2.05, 4.69) is 16.0 Å². The van der Waals surface area contributed by atoms with Crippen LogP contribution in [-0.2, 0) is 15.1 Å². The van der Waals surface area contributed by atoms with Crippen LogP contribution in [0.2, 0.25) is 5.02 Å². The van der Waals surface area contributed by atoms with E-state index < -0.39 is 60.5 Å². The van der Waals surface area contributed by atoms with Crippen molar-refractivity contribution in [1.82, 2.24) is 10.6 Å². The molecule has 2 aliphatic heterocycles. The van der Waals surface area contributed by atoms with Crippen LogP contribution in [0.1, 0.15) is 41.6 Å². The Hall–Kier alpha value is -3.91. The molecule has 0 aliphatic carbocycles. The molecule has 1 saturated heterocycles. The zero-order chi connectivity index (χ0) is 29.2. The number of carboxylic acid groups (broad SMARTS) is 1. The molecule has 214 valence electrons. The number of piperidine rings is 1. The maximum atomic E-state index is 15.4. The fourth-order valence-electron chi connectivity index (χ4n) is 4.70. The monoisotopic (exact) mass is 586 g/mol. The minimum absolute atomic E-state index is 0.0198. The first kappa shape index (κ1) is 29.1. The molecule has 2 aliphatic rings. The summed E-state index contributed by atoms with van der Waals surface area (Å²) in [5, 5.41) is 15.7. The molecule has 2 aromatic carbocycles. The van der Waals surface area contributed by atoms with Crippen LogP contribution >= 0.6 is 11.6 Å². The predicted octanol–water partition coefficient (Wildman–Crippen LogP) is 4.77. The Kier molecular flexibility index (Phi) is 8.21. The van der Waals surface area contributed by atoms with Gasteiger partial charge in [-0.2, -0.15) is 13.2 Å². The third-order valence-electron chi connectivity index (χ3n) is 6.52. The highest BCUT2D eigenvalue weighted by molar-refractivity contribution is 6.31. The minimum Gasteiger partial charge on any atom is -0.465 e. The fourth-order valence-corrected chi connectivity index (χ4v) is 4.86. The van der Waals surface area contributed by atoms with Crippen molar-refractivity contribution < 1.29 is 46.6 Å². The van der Waals surface area contributed by atoms with Gasteiger partial charge in [0.25, 0.3) is 11.8 Å². The number of nitrogens with one attached hydrogen (secondary N) is 3. The standard InChI is InChI=1S/C25H23ClF4N4O6/c26-15-6-7-17-18(19(15)27)24(9-1-11-31-12-24)40-23(39)34(17)21(36)16(8-10-25(28,29)30)33-20(35)13-2-4-14(5-3-13)32-22(37)38/h2-7,16,31-32H,1,8-12H2,(H,33,35)(H,37,38)/t16-,24-/m0/s1. The number of hydrogen-bond donors (Lipinski definition) is 4. The molecule has 2 aromatic rings. The first-order valence-corrected chi connectivity index (χ1v) is 12.4. The summed E-state index contributed by atoms with van der Waals surface area (Å²) in [5.74, 6) is -3.18. The summed E-state index contributed by atoms with van der Waals surface area (Å²) in [6.07, 6.45) is -9.01. The van der Waals surface area contributed by atoms with E-state index in [0.717, 1.165) is 6.07 Å². The van der Waals surface area contributed by atoms with Gasteiger partial charge in [-0.3, -0.25) is 14.9 Å². The number of fused-ring (bicyclic) bond motifs is 2. The smallest absolute Gasteiger partial charge is 0.422 e. The number of rotatable bonds is 6. The largest absolute Gasteiger partial charge is 0.465 e. The number of alkyl halides is 3. The van der Waals surface area contributed by atoms with Gasteiger partial charge < -0.3 is 20.5 Å². The molecule has 0 radical (unpaired) electrons. The Labute approximate surface area is 229 Å². The number of carbonyl (C=O) groups excluding carboxylic acids is 3. The second kappa shape index (κ2) is 11.3. The van der Waals surface area contributed by atoms with E-state index in [-0.39, 0.29) is 40.5 Å². The van der Waals surface area contributed by atoms with Crippen LogP contribution in [0.4, 0.5) is 38.5 Å². The van der Waals surface area contributed by atoms with Crippen LogP contribution in [0, 0.1) is 5.82 Å². The van der Waals surface area contributed by atoms with E-state index in [1.807, 2.05) is 0 Å². The number of imide groups is 1. The van der Waals surface area contributed by atoms with Crippen LogP contribution in [0.25, 0.3) is 0 Å². The van der Waals surface area contributed by atoms with Crippen molar-refractivity contribution >= 4 is 47.0 Å². The van der Waals surface area contributed by atoms with Gasteiger partial charge >= 0.3 is 18.4 Å². The molecule has 2 heterocycles. The number of nitrogens with zero attached hydrogens (tertiary/aromatic N) is 1. The molecule has 15 heteroatoms. The van der Waals surface area contributed by atoms with Gasteiger partial charge in [-0.05, 0) is 62.2 Å². The van der Waals surface area contributed by atoms with Gasteiger partial charge in [0.05, 0.1) is 16.3 Å². The molecule has 0 aromatic heterocycles. The normalized spacial score (nSPS) is 19.4. The summed E-state index contributed by atoms with van der Waals surface area (Å²) in [6, 6.07) is 5.28. The number of halogens is 5. The average Bonchev–Trinajstić information content (AvgIpc) is 2.88. The Balaban J connectivity index is 1.67. The molecule has 0 bridgehead atoms. The molecular formula is C25H23ClF4N4O6. The highest BCUT2D eigenvalue weighted by Gasteiger charge is 2.51. The number of anilines is 2. The number of amides is 4. The lowest BCUT2D eigenvalue weighted by molar-refractivity contribution is -0.138. The molecule has 4 N–H and O–H groups in total. The van der Waals surface area contributed by atoms with Crippen molar-refractivity contribution in [1.29, 1.82) is 0 Å². The Morgan fingerprint density at radius 2 is 1.88 bits per heavy atom. The van der Waals surface area contributed by atoms with Gasteiger partial charge in [-0.1, -0.05) is 11.6 Å². The number of benzene rings is 2. The molecule has 4 rings (SSSR count). The first-order chi connectivity index (χ1) is 18.8. The Bertz CT molecular complexity index is 1330. The fraction of sp³-hybridized carbons (Fsp3) is 0.360. The number of hydrogen-bond acceptors (Lipinski definition) is 6. The van der Waals surface area contributed by atoms with Crippen molar-refractivity contribution in [2.24, 2.45) is 0 Å². The second-order valence-corrected chi connectivity index (χ2v) is 9.67. The topological polar surface area (TPSA) is 137 Å². The predicted molar refractivity (Wildman–Crippen MR) is 134 cm³/mol. The lowest BCUT2D eigenvalue weighted by Crippen LogP contribution is -2.58. The van der Waals surface area contributed by atoms with Gasteiger partial charge in [0.1, 0.15) is 6.04 Å². The Morgan fingerprint density at radius 1 is 1.18 bits per heavy atom. The van der Waals surface area contributed by atoms with Crippen LogP contribution in [0.5, 0.6) is 0 Å². The molecule has 0 unspecified atom stereocenters. The van der Waals surface area contributed by atoms with Crippen molar-refractivity contribution in [3.05, 3.63) is 58.4 Å². The van der Waals surface area contributed by atoms with Crippen molar-refractivity contribution in [3.63, 3.8) is 0 Å². The zero-order valence-corrected chi connectivity index (χ0v) is 21.4. The summed E-state index contributed by atoms with van der Waals surface area (Å²) < 4.78 is 60.3. The van der Waals surface area contributed by atoms with Crippen LogP contribution < -0.4 is 20.9 Å². The molecule has 10 nitrogen and oxygen atoms in total. The van der Waals surface area contributed by atoms with Gasteiger partial charge in [0.2, 0.25) is 0 Å². The molecule has 1 fully saturated rings. The second-order valence-electron chi connectivity index (χ2n) is 9.26. The molecule has 2 atom stereocenters. The van der Waals surface area contributed by atoms with Crippen molar-refractivity contribution in [2.75, 3.05) is 23.3 Å². The van der Waals surface area contributed by atoms with E-state index in [0.29, 0.717) is 17.9 Å². The number of carbonyl (C=O) groups is 4. The first-order valence-electron chi connectivity index (χ1n) is 12.0.